The molecular weight excluding hydrogens is 1010 g/mol. The number of hydrogen-bond donors (Lipinski definition) is 6. The number of fused-ring (bicyclic) bond motifs is 3. The van der Waals surface area contributed by atoms with Crippen LogP contribution in [0.4, 0.5) is 11.5 Å². The topological polar surface area (TPSA) is 261 Å². The monoisotopic (exact) mass is 1090 g/mol. The first-order valence-electron chi connectivity index (χ1n) is 28.2. The largest absolute Gasteiger partial charge is 0.387 e. The number of piperidine rings is 1. The van der Waals surface area contributed by atoms with Crippen molar-refractivity contribution in [3.8, 4) is 0 Å². The average molecular weight is 1090 g/mol. The van der Waals surface area contributed by atoms with Gasteiger partial charge in [0.1, 0.15) is 42.3 Å². The highest BCUT2D eigenvalue weighted by atomic mass is 16.6. The third-order valence-corrected chi connectivity index (χ3v) is 15.7. The van der Waals surface area contributed by atoms with Crippen LogP contribution in [0, 0.1) is 5.92 Å². The van der Waals surface area contributed by atoms with Gasteiger partial charge in [-0.15, -0.1) is 0 Å². The Morgan fingerprint density at radius 3 is 2.44 bits per heavy atom. The molecule has 2 aromatic carbocycles. The zero-order valence-corrected chi connectivity index (χ0v) is 46.4. The molecule has 21 heteroatoms. The lowest BCUT2D eigenvalue weighted by Gasteiger charge is -2.46. The van der Waals surface area contributed by atoms with Crippen molar-refractivity contribution in [3.63, 3.8) is 0 Å². The molecule has 2 unspecified atom stereocenters. The molecule has 3 fully saturated rings. The predicted molar refractivity (Wildman–Crippen MR) is 297 cm³/mol. The predicted octanol–water partition coefficient (Wildman–Crippen LogP) is 6.22. The Kier molecular flexibility index (Phi) is 18.9. The molecular formula is C58H79N11O10. The molecule has 21 nitrogen and oxygen atoms in total. The van der Waals surface area contributed by atoms with Crippen molar-refractivity contribution < 1.29 is 48.3 Å². The van der Waals surface area contributed by atoms with Crippen LogP contribution in [0.1, 0.15) is 137 Å². The summed E-state index contributed by atoms with van der Waals surface area (Å²) < 4.78 is 25.0. The second-order valence-corrected chi connectivity index (χ2v) is 22.7. The number of aromatic amines is 1. The van der Waals surface area contributed by atoms with E-state index in [1.54, 1.807) is 29.1 Å². The quantitative estimate of drug-likeness (QED) is 0.0229. The SMILES string of the molecule is C=C1CCC(N2C(=O)c3cccc(NCCOCCOCCOCCC(=O)CCCCCNc4ncnc5c4ncn5[C@@H]4O[C@H](CN(C(C)C)C5CC(CCc6nc7ccc(C(C)(C)C)cc7[nH]6)C5)C(O)[C@@H]4O)c3C2=O)C(=O)N1. The van der Waals surface area contributed by atoms with E-state index in [0.717, 1.165) is 66.7 Å². The Morgan fingerprint density at radius 2 is 1.68 bits per heavy atom. The number of rotatable bonds is 29. The summed E-state index contributed by atoms with van der Waals surface area (Å²) in [6.07, 6.45) is 7.47. The number of allylic oxidation sites excluding steroid dienone is 1. The number of benzene rings is 2. The summed E-state index contributed by atoms with van der Waals surface area (Å²) in [5.41, 5.74) is 6.11. The fraction of sp³-hybridized carbons (Fsp3) is 0.586. The van der Waals surface area contributed by atoms with Crippen molar-refractivity contribution in [2.24, 2.45) is 5.92 Å². The second-order valence-electron chi connectivity index (χ2n) is 22.7. The number of aryl methyl sites for hydroxylation is 1. The first kappa shape index (κ1) is 57.5. The van der Waals surface area contributed by atoms with Gasteiger partial charge in [-0.1, -0.05) is 45.9 Å². The first-order valence-corrected chi connectivity index (χ1v) is 28.2. The molecule has 4 aliphatic rings. The number of imidazole rings is 2. The van der Waals surface area contributed by atoms with Crippen LogP contribution in [-0.2, 0) is 40.4 Å². The fourth-order valence-corrected chi connectivity index (χ4v) is 11.1. The number of nitrogens with zero attached hydrogens (tertiary/aromatic N) is 7. The number of hydrogen-bond acceptors (Lipinski definition) is 17. The number of ether oxygens (including phenoxy) is 4. The van der Waals surface area contributed by atoms with Crippen LogP contribution in [0.2, 0.25) is 0 Å². The molecule has 0 radical (unpaired) electrons. The minimum Gasteiger partial charge on any atom is -0.387 e. The van der Waals surface area contributed by atoms with Gasteiger partial charge in [-0.2, -0.15) is 0 Å². The minimum atomic E-state index is -1.17. The number of H-pyrrole nitrogens is 1. The third kappa shape index (κ3) is 13.7. The second kappa shape index (κ2) is 25.9. The lowest BCUT2D eigenvalue weighted by Crippen LogP contribution is -2.52. The lowest BCUT2D eigenvalue weighted by atomic mass is 9.76. The van der Waals surface area contributed by atoms with E-state index in [1.807, 2.05) is 0 Å². The number of aliphatic hydroxyl groups excluding tert-OH is 2. The zero-order chi connectivity index (χ0) is 55.8. The van der Waals surface area contributed by atoms with Gasteiger partial charge in [-0.25, -0.2) is 19.9 Å². The van der Waals surface area contributed by atoms with E-state index in [2.05, 4.69) is 100 Å². The number of aliphatic hydroxyl groups is 2. The van der Waals surface area contributed by atoms with Crippen molar-refractivity contribution in [3.05, 3.63) is 83.8 Å². The van der Waals surface area contributed by atoms with Crippen molar-refractivity contribution in [1.29, 1.82) is 0 Å². The van der Waals surface area contributed by atoms with Gasteiger partial charge in [-0.3, -0.25) is 33.5 Å². The van der Waals surface area contributed by atoms with E-state index in [0.29, 0.717) is 125 Å². The molecule has 9 rings (SSSR count). The number of amides is 3. The van der Waals surface area contributed by atoms with Crippen LogP contribution in [0.25, 0.3) is 22.2 Å². The standard InChI is InChI=1S/C58H79N11O10/c1-35(2)67(39-29-37(30-39)15-19-47-65-42-17-16-38(58(4,5)6)31-44(42)66-47)32-46-50(71)51(72)57(79-46)68-34-63-49-52(61-33-62-53(49)68)60-21-9-7-8-11-40(70)20-23-76-25-27-78-28-26-77-24-22-59-43-13-10-12-41-48(43)56(75)69(55(41)74)45-18-14-36(3)64-54(45)73/h10,12-13,16-17,31,33-35,37,39,45-46,50-51,57,59,71-72H,3,7-9,11,14-15,18-30,32H2,1-2,4-6H3,(H,64,73)(H,65,66)(H,60,61,62)/t37?,39?,45?,46-,50?,51+,57-/m1/s1. The molecule has 6 heterocycles. The molecule has 3 amide bonds. The molecule has 79 heavy (non-hydrogen) atoms. The highest BCUT2D eigenvalue weighted by Gasteiger charge is 2.47. The minimum absolute atomic E-state index is 0.0803. The van der Waals surface area contributed by atoms with Crippen LogP contribution in [0.5, 0.6) is 0 Å². The van der Waals surface area contributed by atoms with Gasteiger partial charge in [0.2, 0.25) is 5.91 Å². The van der Waals surface area contributed by atoms with Crippen molar-refractivity contribution in [2.45, 2.75) is 153 Å². The summed E-state index contributed by atoms with van der Waals surface area (Å²) in [7, 11) is 0. The first-order chi connectivity index (χ1) is 38.0. The maximum absolute atomic E-state index is 13.3. The zero-order valence-electron chi connectivity index (χ0n) is 46.4. The molecule has 0 spiro atoms. The van der Waals surface area contributed by atoms with Crippen LogP contribution in [-0.4, -0.2) is 169 Å². The number of anilines is 2. The Morgan fingerprint density at radius 1 is 0.911 bits per heavy atom. The van der Waals surface area contributed by atoms with Gasteiger partial charge in [-0.05, 0) is 100.0 Å². The van der Waals surface area contributed by atoms with Crippen molar-refractivity contribution in [2.75, 3.05) is 69.9 Å². The van der Waals surface area contributed by atoms with Gasteiger partial charge in [0.25, 0.3) is 11.8 Å². The summed E-state index contributed by atoms with van der Waals surface area (Å²) in [5, 5.41) is 31.8. The Balaban J connectivity index is 0.606. The van der Waals surface area contributed by atoms with Crippen LogP contribution in [0.3, 0.4) is 0 Å². The van der Waals surface area contributed by atoms with E-state index in [9.17, 15) is 29.4 Å². The summed E-state index contributed by atoms with van der Waals surface area (Å²) in [6, 6.07) is 11.3. The summed E-state index contributed by atoms with van der Waals surface area (Å²) in [4.78, 5) is 76.9. The summed E-state index contributed by atoms with van der Waals surface area (Å²) in [6.45, 7) is 18.4. The highest BCUT2D eigenvalue weighted by Crippen LogP contribution is 2.39. The van der Waals surface area contributed by atoms with E-state index in [4.69, 9.17) is 23.9 Å². The summed E-state index contributed by atoms with van der Waals surface area (Å²) >= 11 is 0. The van der Waals surface area contributed by atoms with Gasteiger partial charge in [0.05, 0.1) is 68.1 Å². The maximum atomic E-state index is 13.3. The molecule has 1 saturated carbocycles. The molecule has 1 aliphatic carbocycles. The number of Topliss-reactive ketones (excluding diaryl/α,β-unsaturated/α-hetero) is 1. The third-order valence-electron chi connectivity index (χ3n) is 15.7. The lowest BCUT2D eigenvalue weighted by molar-refractivity contribution is -0.125. The number of imide groups is 1. The number of aromatic nitrogens is 6. The fourth-order valence-electron chi connectivity index (χ4n) is 11.1. The molecule has 5 aromatic rings. The molecule has 3 aliphatic heterocycles. The number of carbonyl (C=O) groups is 4. The Hall–Kier alpha value is -6.20. The normalized spacial score (nSPS) is 22.4. The van der Waals surface area contributed by atoms with Crippen LogP contribution < -0.4 is 16.0 Å². The molecule has 2 saturated heterocycles. The molecule has 426 valence electrons. The van der Waals surface area contributed by atoms with E-state index >= 15 is 0 Å². The number of ketones is 1. The number of nitrogens with one attached hydrogen (secondary N) is 4. The number of carbonyl (C=O) groups excluding carboxylic acids is 4. The van der Waals surface area contributed by atoms with Crippen LogP contribution >= 0.6 is 0 Å². The van der Waals surface area contributed by atoms with Crippen molar-refractivity contribution in [1.82, 2.24) is 44.6 Å². The molecule has 6 N–H and O–H groups in total. The van der Waals surface area contributed by atoms with E-state index in [-0.39, 0.29) is 28.4 Å². The van der Waals surface area contributed by atoms with Crippen LogP contribution in [0.15, 0.2) is 61.3 Å². The van der Waals surface area contributed by atoms with Gasteiger partial charge in [0, 0.05) is 62.4 Å². The van der Waals surface area contributed by atoms with E-state index in [1.165, 1.54) is 11.9 Å². The summed E-state index contributed by atoms with van der Waals surface area (Å²) in [5.74, 6) is 0.952. The maximum Gasteiger partial charge on any atom is 0.264 e. The van der Waals surface area contributed by atoms with Gasteiger partial charge < -0.3 is 50.1 Å². The molecule has 5 atom stereocenters. The van der Waals surface area contributed by atoms with Gasteiger partial charge >= 0.3 is 0 Å². The molecule has 0 bridgehead atoms. The van der Waals surface area contributed by atoms with E-state index < -0.39 is 48.3 Å². The Labute approximate surface area is 461 Å². The highest BCUT2D eigenvalue weighted by molar-refractivity contribution is 6.25. The number of unbranched alkanes of at least 4 members (excludes halogenated alkanes) is 2. The average Bonchev–Trinajstić information content (AvgIpc) is 4.39. The molecule has 3 aromatic heterocycles. The Bertz CT molecular complexity index is 2950. The van der Waals surface area contributed by atoms with Crippen molar-refractivity contribution >= 4 is 57.2 Å². The van der Waals surface area contributed by atoms with Gasteiger partial charge in [0.15, 0.2) is 23.2 Å². The smallest absolute Gasteiger partial charge is 0.264 e.